The van der Waals surface area contributed by atoms with Crippen molar-refractivity contribution in [2.45, 2.75) is 12.8 Å². The third-order valence-electron chi connectivity index (χ3n) is 4.35. The Balaban J connectivity index is 1.45. The van der Waals surface area contributed by atoms with Gasteiger partial charge < -0.3 is 5.32 Å². The van der Waals surface area contributed by atoms with Crippen LogP contribution in [0.25, 0.3) is 6.08 Å². The van der Waals surface area contributed by atoms with Crippen LogP contribution in [0, 0.1) is 0 Å². The predicted molar refractivity (Wildman–Crippen MR) is 123 cm³/mol. The minimum Gasteiger partial charge on any atom is -0.356 e. The number of amides is 2. The van der Waals surface area contributed by atoms with E-state index in [0.29, 0.717) is 22.3 Å². The minimum absolute atomic E-state index is 0.0806. The average Bonchev–Trinajstić information content (AvgIpc) is 3.01. The molecule has 2 aromatic rings. The number of allylic oxidation sites excluding steroid dienone is 2. The van der Waals surface area contributed by atoms with E-state index in [9.17, 15) is 9.59 Å². The smallest absolute Gasteiger partial charge is 0.266 e. The van der Waals surface area contributed by atoms with Gasteiger partial charge in [-0.05, 0) is 23.6 Å². The van der Waals surface area contributed by atoms with Crippen LogP contribution < -0.4 is 5.32 Å². The summed E-state index contributed by atoms with van der Waals surface area (Å²) < 4.78 is 0.492. The molecule has 1 heterocycles. The first-order chi connectivity index (χ1) is 14.1. The lowest BCUT2D eigenvalue weighted by molar-refractivity contribution is -0.123. The van der Waals surface area contributed by atoms with Crippen LogP contribution in [-0.4, -0.2) is 34.1 Å². The molecule has 0 saturated carbocycles. The first-order valence-corrected chi connectivity index (χ1v) is 10.6. The van der Waals surface area contributed by atoms with Crippen molar-refractivity contribution >= 4 is 46.2 Å². The SMILES string of the molecule is O=C(CCN1C(=O)C(=CC=Cc2ccccc2)SC1=S)NCCc1ccccc1. The first-order valence-electron chi connectivity index (χ1n) is 9.41. The van der Waals surface area contributed by atoms with E-state index in [-0.39, 0.29) is 18.2 Å². The van der Waals surface area contributed by atoms with E-state index in [4.69, 9.17) is 12.2 Å². The van der Waals surface area contributed by atoms with Gasteiger partial charge in [0, 0.05) is 19.5 Å². The molecule has 2 aromatic carbocycles. The zero-order valence-corrected chi connectivity index (χ0v) is 17.5. The minimum atomic E-state index is -0.144. The normalized spacial score (nSPS) is 15.4. The predicted octanol–water partition coefficient (Wildman–Crippen LogP) is 4.19. The second-order valence-electron chi connectivity index (χ2n) is 6.46. The summed E-state index contributed by atoms with van der Waals surface area (Å²) in [7, 11) is 0. The van der Waals surface area contributed by atoms with Gasteiger partial charge in [-0.3, -0.25) is 14.5 Å². The van der Waals surface area contributed by atoms with Crippen molar-refractivity contribution in [3.8, 4) is 0 Å². The van der Waals surface area contributed by atoms with E-state index >= 15 is 0 Å². The van der Waals surface area contributed by atoms with E-state index in [1.807, 2.05) is 72.8 Å². The summed E-state index contributed by atoms with van der Waals surface area (Å²) in [5.41, 5.74) is 2.24. The van der Waals surface area contributed by atoms with Crippen LogP contribution >= 0.6 is 24.0 Å². The van der Waals surface area contributed by atoms with Crippen LogP contribution in [0.1, 0.15) is 17.5 Å². The zero-order chi connectivity index (χ0) is 20.5. The van der Waals surface area contributed by atoms with Crippen LogP contribution in [-0.2, 0) is 16.0 Å². The maximum atomic E-state index is 12.6. The largest absolute Gasteiger partial charge is 0.356 e. The number of carbonyl (C=O) groups excluding carboxylic acids is 2. The van der Waals surface area contributed by atoms with Crippen molar-refractivity contribution in [2.24, 2.45) is 0 Å². The maximum Gasteiger partial charge on any atom is 0.266 e. The van der Waals surface area contributed by atoms with Crippen molar-refractivity contribution in [3.63, 3.8) is 0 Å². The second kappa shape index (κ2) is 10.7. The summed E-state index contributed by atoms with van der Waals surface area (Å²) in [5.74, 6) is -0.224. The van der Waals surface area contributed by atoms with Gasteiger partial charge in [-0.25, -0.2) is 0 Å². The second-order valence-corrected chi connectivity index (χ2v) is 8.14. The lowest BCUT2D eigenvalue weighted by Gasteiger charge is -2.14. The van der Waals surface area contributed by atoms with E-state index in [0.717, 1.165) is 12.0 Å². The number of nitrogens with zero attached hydrogens (tertiary/aromatic N) is 1. The maximum absolute atomic E-state index is 12.6. The van der Waals surface area contributed by atoms with Gasteiger partial charge in [-0.15, -0.1) is 0 Å². The molecule has 6 heteroatoms. The van der Waals surface area contributed by atoms with Gasteiger partial charge in [0.15, 0.2) is 0 Å². The molecule has 1 N–H and O–H groups in total. The molecule has 0 bridgehead atoms. The Morgan fingerprint density at radius 1 is 1.07 bits per heavy atom. The first kappa shape index (κ1) is 21.0. The molecule has 1 fully saturated rings. The summed E-state index contributed by atoms with van der Waals surface area (Å²) in [5, 5.41) is 2.90. The molecule has 0 unspecified atom stereocenters. The van der Waals surface area contributed by atoms with Crippen LogP contribution in [0.15, 0.2) is 77.7 Å². The van der Waals surface area contributed by atoms with Crippen LogP contribution in [0.3, 0.4) is 0 Å². The number of hydrogen-bond acceptors (Lipinski definition) is 4. The lowest BCUT2D eigenvalue weighted by atomic mass is 10.1. The van der Waals surface area contributed by atoms with Gasteiger partial charge in [-0.2, -0.15) is 0 Å². The Hall–Kier alpha value is -2.70. The number of carbonyl (C=O) groups is 2. The number of thioether (sulfide) groups is 1. The van der Waals surface area contributed by atoms with Crippen LogP contribution in [0.2, 0.25) is 0 Å². The van der Waals surface area contributed by atoms with Gasteiger partial charge in [0.05, 0.1) is 4.91 Å². The van der Waals surface area contributed by atoms with Crippen molar-refractivity contribution in [1.29, 1.82) is 0 Å². The number of hydrogen-bond donors (Lipinski definition) is 1. The molecule has 0 spiro atoms. The van der Waals surface area contributed by atoms with Gasteiger partial charge in [0.2, 0.25) is 5.91 Å². The summed E-state index contributed by atoms with van der Waals surface area (Å²) in [4.78, 5) is 26.7. The van der Waals surface area contributed by atoms with Crippen LogP contribution in [0.5, 0.6) is 0 Å². The van der Waals surface area contributed by atoms with E-state index < -0.39 is 0 Å². The van der Waals surface area contributed by atoms with Crippen LogP contribution in [0.4, 0.5) is 0 Å². The summed E-state index contributed by atoms with van der Waals surface area (Å²) >= 11 is 6.58. The number of nitrogens with one attached hydrogen (secondary N) is 1. The molecule has 1 aliphatic rings. The Bertz CT molecular complexity index is 924. The quantitative estimate of drug-likeness (QED) is 0.512. The molecule has 0 radical (unpaired) electrons. The number of benzene rings is 2. The van der Waals surface area contributed by atoms with Crippen molar-refractivity contribution in [2.75, 3.05) is 13.1 Å². The highest BCUT2D eigenvalue weighted by atomic mass is 32.2. The van der Waals surface area contributed by atoms with Gasteiger partial charge in [0.25, 0.3) is 5.91 Å². The third-order valence-corrected chi connectivity index (χ3v) is 5.75. The average molecular weight is 423 g/mol. The fourth-order valence-corrected chi connectivity index (χ4v) is 4.07. The summed E-state index contributed by atoms with van der Waals surface area (Å²) in [6.45, 7) is 0.868. The number of rotatable bonds is 8. The fourth-order valence-electron chi connectivity index (χ4n) is 2.81. The Labute approximate surface area is 180 Å². The molecular weight excluding hydrogens is 400 g/mol. The van der Waals surface area contributed by atoms with Gasteiger partial charge >= 0.3 is 0 Å². The molecule has 1 aliphatic heterocycles. The van der Waals surface area contributed by atoms with Crippen molar-refractivity contribution < 1.29 is 9.59 Å². The zero-order valence-electron chi connectivity index (χ0n) is 15.9. The molecule has 0 atom stereocenters. The Morgan fingerprint density at radius 3 is 2.48 bits per heavy atom. The van der Waals surface area contributed by atoms with Crippen molar-refractivity contribution in [1.82, 2.24) is 10.2 Å². The van der Waals surface area contributed by atoms with E-state index in [2.05, 4.69) is 5.32 Å². The monoisotopic (exact) mass is 422 g/mol. The third kappa shape index (κ3) is 6.41. The Kier molecular flexibility index (Phi) is 7.78. The fraction of sp³-hybridized carbons (Fsp3) is 0.174. The topological polar surface area (TPSA) is 49.4 Å². The molecule has 1 saturated heterocycles. The molecule has 0 aliphatic carbocycles. The summed E-state index contributed by atoms with van der Waals surface area (Å²) in [6, 6.07) is 19.9. The van der Waals surface area contributed by atoms with E-state index in [1.54, 1.807) is 6.08 Å². The molecule has 2 amide bonds. The lowest BCUT2D eigenvalue weighted by Crippen LogP contribution is -2.34. The number of thiocarbonyl (C=S) groups is 1. The molecule has 148 valence electrons. The molecule has 3 rings (SSSR count). The molecule has 0 aromatic heterocycles. The van der Waals surface area contributed by atoms with Gasteiger partial charge in [0.1, 0.15) is 4.32 Å². The standard InChI is InChI=1S/C23H22N2O2S2/c26-21(24-16-14-19-10-5-2-6-11-19)15-17-25-22(27)20(29-23(25)28)13-7-12-18-8-3-1-4-9-18/h1-13H,14-17H2,(H,24,26). The van der Waals surface area contributed by atoms with E-state index in [1.165, 1.54) is 22.2 Å². The van der Waals surface area contributed by atoms with Gasteiger partial charge in [-0.1, -0.05) is 96.8 Å². The van der Waals surface area contributed by atoms with Crippen molar-refractivity contribution in [3.05, 3.63) is 88.8 Å². The molecule has 4 nitrogen and oxygen atoms in total. The molecule has 29 heavy (non-hydrogen) atoms. The molecular formula is C23H22N2O2S2. The summed E-state index contributed by atoms with van der Waals surface area (Å²) in [6.07, 6.45) is 6.56. The highest BCUT2D eigenvalue weighted by molar-refractivity contribution is 8.26. The Morgan fingerprint density at radius 2 is 1.76 bits per heavy atom. The highest BCUT2D eigenvalue weighted by Crippen LogP contribution is 2.31. The highest BCUT2D eigenvalue weighted by Gasteiger charge is 2.31.